The molecule has 0 aliphatic carbocycles. The van der Waals surface area contributed by atoms with Crippen LogP contribution in [0.1, 0.15) is 30.9 Å². The largest absolute Gasteiger partial charge is 0.376 e. The maximum Gasteiger partial charge on any atom is 0.242 e. The Morgan fingerprint density at radius 2 is 1.67 bits per heavy atom. The Morgan fingerprint density at radius 1 is 1.07 bits per heavy atom. The van der Waals surface area contributed by atoms with Crippen LogP contribution < -0.4 is 5.32 Å². The second-order valence-electron chi connectivity index (χ2n) is 7.51. The lowest BCUT2D eigenvalue weighted by molar-refractivity contribution is -0.140. The van der Waals surface area contributed by atoms with Crippen molar-refractivity contribution in [1.82, 2.24) is 10.2 Å². The van der Waals surface area contributed by atoms with Gasteiger partial charge in [-0.05, 0) is 55.2 Å². The molecule has 1 heterocycles. The highest BCUT2D eigenvalue weighted by atomic mass is 35.5. The van der Waals surface area contributed by atoms with Gasteiger partial charge < -0.3 is 15.0 Å². The minimum atomic E-state index is -0.623. The van der Waals surface area contributed by atoms with Crippen LogP contribution in [-0.2, 0) is 27.3 Å². The van der Waals surface area contributed by atoms with E-state index in [-0.39, 0.29) is 24.3 Å². The summed E-state index contributed by atoms with van der Waals surface area (Å²) in [6, 6.07) is 13.8. The number of carbonyl (C=O) groups excluding carboxylic acids is 2. The van der Waals surface area contributed by atoms with Crippen molar-refractivity contribution in [2.24, 2.45) is 0 Å². The highest BCUT2D eigenvalue weighted by Gasteiger charge is 2.27. The maximum atomic E-state index is 13.1. The van der Waals surface area contributed by atoms with E-state index < -0.39 is 6.04 Å². The molecule has 0 radical (unpaired) electrons. The van der Waals surface area contributed by atoms with E-state index in [2.05, 4.69) is 5.32 Å². The molecule has 3 rings (SSSR count). The minimum absolute atomic E-state index is 0.0515. The predicted molar refractivity (Wildman–Crippen MR) is 119 cm³/mol. The van der Waals surface area contributed by atoms with Crippen molar-refractivity contribution in [3.05, 3.63) is 69.7 Å². The number of benzene rings is 2. The standard InChI is InChI=1S/C23H26Cl2N2O3/c1-16(23(29)26-14-21-3-2-12-30-21)27(15-18-6-10-20(25)11-7-18)22(28)13-17-4-8-19(24)9-5-17/h4-11,16,21H,2-3,12-15H2,1H3,(H,26,29)/t16-,21-/m1/s1. The van der Waals surface area contributed by atoms with Crippen molar-refractivity contribution >= 4 is 35.0 Å². The first kappa shape index (κ1) is 22.6. The van der Waals surface area contributed by atoms with Crippen LogP contribution in [0.3, 0.4) is 0 Å². The summed E-state index contributed by atoms with van der Waals surface area (Å²) in [7, 11) is 0. The topological polar surface area (TPSA) is 58.6 Å². The Bertz CT molecular complexity index is 850. The van der Waals surface area contributed by atoms with Crippen LogP contribution in [0.25, 0.3) is 0 Å². The molecule has 5 nitrogen and oxygen atoms in total. The molecule has 1 aliphatic heterocycles. The number of hydrogen-bond donors (Lipinski definition) is 1. The lowest BCUT2D eigenvalue weighted by atomic mass is 10.1. The molecular formula is C23H26Cl2N2O3. The summed E-state index contributed by atoms with van der Waals surface area (Å²) in [5.74, 6) is -0.323. The Balaban J connectivity index is 1.71. The zero-order chi connectivity index (χ0) is 21.5. The van der Waals surface area contributed by atoms with Crippen LogP contribution in [0, 0.1) is 0 Å². The van der Waals surface area contributed by atoms with E-state index in [0.717, 1.165) is 30.6 Å². The number of nitrogens with one attached hydrogen (secondary N) is 1. The van der Waals surface area contributed by atoms with Crippen LogP contribution in [0.2, 0.25) is 10.0 Å². The third kappa shape index (κ3) is 6.46. The number of nitrogens with zero attached hydrogens (tertiary/aromatic N) is 1. The van der Waals surface area contributed by atoms with Crippen LogP contribution in [0.15, 0.2) is 48.5 Å². The molecule has 1 saturated heterocycles. The van der Waals surface area contributed by atoms with Gasteiger partial charge in [0.25, 0.3) is 0 Å². The van der Waals surface area contributed by atoms with Crippen LogP contribution in [0.4, 0.5) is 0 Å². The van der Waals surface area contributed by atoms with Gasteiger partial charge in [0, 0.05) is 29.7 Å². The first-order valence-electron chi connectivity index (χ1n) is 10.1. The van der Waals surface area contributed by atoms with Gasteiger partial charge >= 0.3 is 0 Å². The second-order valence-corrected chi connectivity index (χ2v) is 8.38. The van der Waals surface area contributed by atoms with Crippen molar-refractivity contribution in [3.63, 3.8) is 0 Å². The van der Waals surface area contributed by atoms with E-state index in [9.17, 15) is 9.59 Å². The van der Waals surface area contributed by atoms with Gasteiger partial charge in [-0.25, -0.2) is 0 Å². The van der Waals surface area contributed by atoms with Gasteiger partial charge in [-0.2, -0.15) is 0 Å². The van der Waals surface area contributed by atoms with Crippen molar-refractivity contribution < 1.29 is 14.3 Å². The molecule has 2 aromatic carbocycles. The Morgan fingerprint density at radius 3 is 2.23 bits per heavy atom. The zero-order valence-electron chi connectivity index (χ0n) is 16.9. The van der Waals surface area contributed by atoms with E-state index in [0.29, 0.717) is 23.1 Å². The average Bonchev–Trinajstić information content (AvgIpc) is 3.26. The van der Waals surface area contributed by atoms with Gasteiger partial charge in [0.05, 0.1) is 12.5 Å². The van der Waals surface area contributed by atoms with E-state index in [1.54, 1.807) is 36.1 Å². The minimum Gasteiger partial charge on any atom is -0.376 e. The second kappa shape index (κ2) is 10.8. The summed E-state index contributed by atoms with van der Waals surface area (Å²) in [6.07, 6.45) is 2.20. The van der Waals surface area contributed by atoms with E-state index >= 15 is 0 Å². The Kier molecular flexibility index (Phi) is 8.14. The molecule has 2 atom stereocenters. The third-order valence-electron chi connectivity index (χ3n) is 5.23. The van der Waals surface area contributed by atoms with Crippen LogP contribution in [0.5, 0.6) is 0 Å². The molecule has 0 spiro atoms. The number of hydrogen-bond acceptors (Lipinski definition) is 3. The molecule has 0 aromatic heterocycles. The first-order chi connectivity index (χ1) is 14.4. The SMILES string of the molecule is C[C@H](C(=O)NC[C@H]1CCCO1)N(Cc1ccc(Cl)cc1)C(=O)Cc1ccc(Cl)cc1. The van der Waals surface area contributed by atoms with Crippen molar-refractivity contribution in [3.8, 4) is 0 Å². The molecule has 160 valence electrons. The fraction of sp³-hybridized carbons (Fsp3) is 0.391. The molecule has 1 fully saturated rings. The van der Waals surface area contributed by atoms with Gasteiger partial charge in [0.2, 0.25) is 11.8 Å². The van der Waals surface area contributed by atoms with Crippen molar-refractivity contribution in [2.45, 2.75) is 44.9 Å². The zero-order valence-corrected chi connectivity index (χ0v) is 18.5. The predicted octanol–water partition coefficient (Wildman–Crippen LogP) is 4.25. The van der Waals surface area contributed by atoms with Gasteiger partial charge in [0.15, 0.2) is 0 Å². The molecule has 30 heavy (non-hydrogen) atoms. The lowest BCUT2D eigenvalue weighted by Crippen LogP contribution is -2.49. The van der Waals surface area contributed by atoms with Gasteiger partial charge in [-0.1, -0.05) is 47.5 Å². The molecule has 0 bridgehead atoms. The van der Waals surface area contributed by atoms with E-state index in [4.69, 9.17) is 27.9 Å². The van der Waals surface area contributed by atoms with Crippen molar-refractivity contribution in [2.75, 3.05) is 13.2 Å². The van der Waals surface area contributed by atoms with Crippen molar-refractivity contribution in [1.29, 1.82) is 0 Å². The smallest absolute Gasteiger partial charge is 0.242 e. The Labute approximate surface area is 187 Å². The van der Waals surface area contributed by atoms with Gasteiger partial charge in [0.1, 0.15) is 6.04 Å². The maximum absolute atomic E-state index is 13.1. The molecule has 1 N–H and O–H groups in total. The highest BCUT2D eigenvalue weighted by Crippen LogP contribution is 2.17. The monoisotopic (exact) mass is 448 g/mol. The van der Waals surface area contributed by atoms with E-state index in [1.807, 2.05) is 24.3 Å². The molecule has 7 heteroatoms. The molecule has 0 unspecified atom stereocenters. The number of halogens is 2. The number of ether oxygens (including phenoxy) is 1. The molecular weight excluding hydrogens is 423 g/mol. The first-order valence-corrected chi connectivity index (χ1v) is 10.9. The van der Waals surface area contributed by atoms with E-state index in [1.165, 1.54) is 0 Å². The Hall–Kier alpha value is -2.08. The molecule has 2 amide bonds. The number of amides is 2. The molecule has 1 aliphatic rings. The number of rotatable bonds is 8. The summed E-state index contributed by atoms with van der Waals surface area (Å²) in [4.78, 5) is 27.5. The summed E-state index contributed by atoms with van der Waals surface area (Å²) in [5, 5.41) is 4.17. The summed E-state index contributed by atoms with van der Waals surface area (Å²) >= 11 is 11.9. The van der Waals surface area contributed by atoms with Gasteiger partial charge in [-0.3, -0.25) is 9.59 Å². The average molecular weight is 449 g/mol. The summed E-state index contributed by atoms with van der Waals surface area (Å²) < 4.78 is 5.57. The number of carbonyl (C=O) groups is 2. The van der Waals surface area contributed by atoms with Crippen LogP contribution in [-0.4, -0.2) is 42.0 Å². The summed E-state index contributed by atoms with van der Waals surface area (Å²) in [6.45, 7) is 3.26. The highest BCUT2D eigenvalue weighted by molar-refractivity contribution is 6.30. The van der Waals surface area contributed by atoms with Crippen LogP contribution >= 0.6 is 23.2 Å². The molecule has 0 saturated carbocycles. The summed E-state index contributed by atoms with van der Waals surface area (Å²) in [5.41, 5.74) is 1.75. The third-order valence-corrected chi connectivity index (χ3v) is 5.73. The fourth-order valence-electron chi connectivity index (χ4n) is 3.42. The van der Waals surface area contributed by atoms with Gasteiger partial charge in [-0.15, -0.1) is 0 Å². The fourth-order valence-corrected chi connectivity index (χ4v) is 3.67. The molecule has 2 aromatic rings. The lowest BCUT2D eigenvalue weighted by Gasteiger charge is -2.29. The normalized spacial score (nSPS) is 16.8. The quantitative estimate of drug-likeness (QED) is 0.656.